The highest BCUT2D eigenvalue weighted by Crippen LogP contribution is 2.10. The van der Waals surface area contributed by atoms with Crippen molar-refractivity contribution in [2.24, 2.45) is 5.92 Å². The molecule has 14 heteroatoms. The van der Waals surface area contributed by atoms with Gasteiger partial charge >= 0.3 is 11.9 Å². The van der Waals surface area contributed by atoms with E-state index in [0.717, 1.165) is 6.92 Å². The molecule has 6 atom stereocenters. The van der Waals surface area contributed by atoms with Gasteiger partial charge in [0.25, 0.3) is 0 Å². The molecule has 0 aliphatic rings. The normalized spacial score (nSPS) is 15.8. The first-order chi connectivity index (χ1) is 16.2. The van der Waals surface area contributed by atoms with Crippen molar-refractivity contribution in [1.29, 1.82) is 0 Å². The van der Waals surface area contributed by atoms with E-state index in [9.17, 15) is 38.7 Å². The number of carboxylic acid groups (broad SMARTS) is 2. The Morgan fingerprint density at radius 2 is 1.40 bits per heavy atom. The molecule has 0 bridgehead atoms. The summed E-state index contributed by atoms with van der Waals surface area (Å²) in [5, 5.41) is 36.9. The van der Waals surface area contributed by atoms with Gasteiger partial charge in [0.05, 0.1) is 18.6 Å². The third-order valence-corrected chi connectivity index (χ3v) is 5.08. The van der Waals surface area contributed by atoms with Crippen LogP contribution in [0, 0.1) is 5.92 Å². The number of rotatable bonds is 16. The van der Waals surface area contributed by atoms with Crippen molar-refractivity contribution in [3.63, 3.8) is 0 Å². The van der Waals surface area contributed by atoms with Crippen molar-refractivity contribution in [2.45, 2.75) is 83.6 Å². The predicted molar refractivity (Wildman–Crippen MR) is 120 cm³/mol. The van der Waals surface area contributed by atoms with Crippen LogP contribution in [0.5, 0.6) is 0 Å². The van der Waals surface area contributed by atoms with Crippen LogP contribution in [-0.2, 0) is 33.6 Å². The minimum Gasteiger partial charge on any atom is -0.481 e. The van der Waals surface area contributed by atoms with Gasteiger partial charge in [-0.05, 0) is 19.3 Å². The molecular weight excluding hydrogens is 468 g/mol. The number of hydrogen-bond acceptors (Lipinski definition) is 8. The van der Waals surface area contributed by atoms with Crippen molar-refractivity contribution >= 4 is 41.9 Å². The lowest BCUT2D eigenvalue weighted by atomic mass is 9.97. The van der Waals surface area contributed by atoms with Crippen LogP contribution in [0.4, 0.5) is 0 Å². The van der Waals surface area contributed by atoms with Gasteiger partial charge < -0.3 is 41.4 Å². The van der Waals surface area contributed by atoms with Crippen molar-refractivity contribution in [1.82, 2.24) is 21.3 Å². The average molecular weight is 503 g/mol. The Balaban J connectivity index is 5.69. The third-order valence-electron chi connectivity index (χ3n) is 5.08. The monoisotopic (exact) mass is 502 g/mol. The largest absolute Gasteiger partial charge is 0.481 e. The van der Waals surface area contributed by atoms with Crippen LogP contribution in [0.25, 0.3) is 0 Å². The molecule has 0 fully saturated rings. The zero-order valence-electron chi connectivity index (χ0n) is 20.1. The van der Waals surface area contributed by atoms with Crippen molar-refractivity contribution in [3.05, 3.63) is 0 Å². The molecule has 0 aromatic heterocycles. The van der Waals surface area contributed by atoms with E-state index in [2.05, 4.69) is 21.3 Å². The second-order valence-corrected chi connectivity index (χ2v) is 8.13. The van der Waals surface area contributed by atoms with Crippen LogP contribution < -0.4 is 21.3 Å². The number of nitrogens with one attached hydrogen (secondary N) is 4. The summed E-state index contributed by atoms with van der Waals surface area (Å²) in [6.07, 6.45) is -2.44. The molecule has 0 aliphatic carbocycles. The molecule has 0 aromatic rings. The molecule has 0 heterocycles. The summed E-state index contributed by atoms with van der Waals surface area (Å²) in [4.78, 5) is 82.5. The average Bonchev–Trinajstić information content (AvgIpc) is 2.76. The number of carboxylic acids is 2. The fraction of sp³-hybridized carbons (Fsp3) is 0.667. The number of carbonyl (C=O) groups is 7. The lowest BCUT2D eigenvalue weighted by molar-refractivity contribution is -0.140. The maximum Gasteiger partial charge on any atom is 0.305 e. The molecule has 0 aromatic carbocycles. The molecule has 0 rings (SSSR count). The van der Waals surface area contributed by atoms with E-state index in [1.807, 2.05) is 0 Å². The number of aliphatic hydroxyl groups excluding tert-OH is 1. The van der Waals surface area contributed by atoms with E-state index >= 15 is 0 Å². The van der Waals surface area contributed by atoms with Gasteiger partial charge in [0.1, 0.15) is 24.4 Å². The number of amides is 4. The van der Waals surface area contributed by atoms with E-state index in [1.54, 1.807) is 13.8 Å². The fourth-order valence-corrected chi connectivity index (χ4v) is 2.97. The van der Waals surface area contributed by atoms with E-state index in [1.165, 1.54) is 6.92 Å². The molecule has 198 valence electrons. The molecule has 0 aliphatic heterocycles. The molecule has 0 radical (unpaired) electrons. The van der Waals surface area contributed by atoms with Gasteiger partial charge in [-0.25, -0.2) is 0 Å². The van der Waals surface area contributed by atoms with Crippen LogP contribution >= 0.6 is 0 Å². The first-order valence-electron chi connectivity index (χ1n) is 11.0. The van der Waals surface area contributed by atoms with Gasteiger partial charge in [0.15, 0.2) is 0 Å². The number of aldehydes is 1. The van der Waals surface area contributed by atoms with Gasteiger partial charge in [-0.2, -0.15) is 0 Å². The molecule has 0 saturated carbocycles. The van der Waals surface area contributed by atoms with Crippen LogP contribution in [0.15, 0.2) is 0 Å². The summed E-state index contributed by atoms with van der Waals surface area (Å²) in [6.45, 7) is 5.84. The summed E-state index contributed by atoms with van der Waals surface area (Å²) in [5.41, 5.74) is 0. The van der Waals surface area contributed by atoms with E-state index in [0.29, 0.717) is 6.42 Å². The predicted octanol–water partition coefficient (Wildman–Crippen LogP) is -2.09. The Morgan fingerprint density at radius 3 is 1.83 bits per heavy atom. The molecule has 14 nitrogen and oxygen atoms in total. The summed E-state index contributed by atoms with van der Waals surface area (Å²) in [6, 6.07) is -5.54. The Hall–Kier alpha value is -3.55. The second-order valence-electron chi connectivity index (χ2n) is 8.13. The molecule has 7 N–H and O–H groups in total. The molecule has 0 spiro atoms. The molecule has 4 unspecified atom stereocenters. The highest BCUT2D eigenvalue weighted by atomic mass is 16.4. The Labute approximate surface area is 202 Å². The van der Waals surface area contributed by atoms with Crippen LogP contribution in [0.1, 0.15) is 53.4 Å². The van der Waals surface area contributed by atoms with Gasteiger partial charge in [-0.3, -0.25) is 28.8 Å². The number of carbonyl (C=O) groups excluding carboxylic acids is 5. The molecule has 0 saturated heterocycles. The lowest BCUT2D eigenvalue weighted by Gasteiger charge is -2.28. The first kappa shape index (κ1) is 31.4. The number of aliphatic hydroxyl groups is 1. The van der Waals surface area contributed by atoms with Gasteiger partial charge in [-0.15, -0.1) is 0 Å². The Morgan fingerprint density at radius 1 is 0.829 bits per heavy atom. The minimum atomic E-state index is -1.65. The quantitative estimate of drug-likeness (QED) is 0.114. The van der Waals surface area contributed by atoms with Crippen molar-refractivity contribution < 1.29 is 48.9 Å². The summed E-state index contributed by atoms with van der Waals surface area (Å²) >= 11 is 0. The Bertz CT molecular complexity index is 801. The maximum atomic E-state index is 12.9. The van der Waals surface area contributed by atoms with E-state index in [-0.39, 0.29) is 18.6 Å². The molecule has 35 heavy (non-hydrogen) atoms. The zero-order valence-corrected chi connectivity index (χ0v) is 20.1. The van der Waals surface area contributed by atoms with Crippen LogP contribution in [0.2, 0.25) is 0 Å². The smallest absolute Gasteiger partial charge is 0.305 e. The van der Waals surface area contributed by atoms with E-state index < -0.39 is 78.7 Å². The second kappa shape index (κ2) is 15.4. The number of aliphatic carboxylic acids is 2. The topological polar surface area (TPSA) is 228 Å². The van der Waals surface area contributed by atoms with Gasteiger partial charge in [-0.1, -0.05) is 20.3 Å². The SMILES string of the molecule is CC[C@H](C)C(NC(C)=O)C(=O)N[C@@H](CCC(=O)O)C(=O)NC(C(=O)NC(C=O)CC(=O)O)C(C)O. The van der Waals surface area contributed by atoms with Gasteiger partial charge in [0.2, 0.25) is 23.6 Å². The summed E-state index contributed by atoms with van der Waals surface area (Å²) in [5.74, 6) is -6.27. The molecular formula is C21H34N4O10. The maximum absolute atomic E-state index is 12.9. The number of hydrogen-bond donors (Lipinski definition) is 7. The van der Waals surface area contributed by atoms with Gasteiger partial charge in [0, 0.05) is 13.3 Å². The summed E-state index contributed by atoms with van der Waals surface area (Å²) < 4.78 is 0. The highest BCUT2D eigenvalue weighted by Gasteiger charge is 2.33. The van der Waals surface area contributed by atoms with E-state index in [4.69, 9.17) is 10.2 Å². The first-order valence-corrected chi connectivity index (χ1v) is 11.0. The Kier molecular flexibility index (Phi) is 13.8. The minimum absolute atomic E-state index is 0.180. The lowest BCUT2D eigenvalue weighted by Crippen LogP contribution is -2.60. The highest BCUT2D eigenvalue weighted by molar-refractivity contribution is 5.95. The summed E-state index contributed by atoms with van der Waals surface area (Å²) in [7, 11) is 0. The van der Waals surface area contributed by atoms with Crippen molar-refractivity contribution in [2.75, 3.05) is 0 Å². The van der Waals surface area contributed by atoms with Crippen LogP contribution in [-0.4, -0.2) is 87.4 Å². The zero-order chi connectivity index (χ0) is 27.3. The molecule has 4 amide bonds. The fourth-order valence-electron chi connectivity index (χ4n) is 2.97. The standard InChI is InChI=1S/C21H34N4O10/c1-5-10(2)17(22-12(4)28)20(34)24-14(6-7-15(29)30)19(33)25-18(11(3)27)21(35)23-13(9-26)8-16(31)32/h9-11,13-14,17-18,27H,5-8H2,1-4H3,(H,22,28)(H,23,35)(H,24,34)(H,25,33)(H,29,30)(H,31,32)/t10-,11?,13?,14-,17?,18?/m0/s1. The van der Waals surface area contributed by atoms with Crippen LogP contribution in [0.3, 0.4) is 0 Å². The van der Waals surface area contributed by atoms with Crippen molar-refractivity contribution in [3.8, 4) is 0 Å². The third kappa shape index (κ3) is 11.9.